The molecule has 0 saturated carbocycles. The van der Waals surface area contributed by atoms with E-state index in [0.29, 0.717) is 22.3 Å². The molecule has 0 bridgehead atoms. The average molecular weight is 321 g/mol. The summed E-state index contributed by atoms with van der Waals surface area (Å²) in [5.74, 6) is -0.140. The normalized spacial score (nSPS) is 12.3. The van der Waals surface area contributed by atoms with Crippen molar-refractivity contribution in [2.24, 2.45) is 0 Å². The van der Waals surface area contributed by atoms with Gasteiger partial charge >= 0.3 is 0 Å². The molecule has 1 heterocycles. The maximum atomic E-state index is 12.4. The topological polar surface area (TPSA) is 76.1 Å². The van der Waals surface area contributed by atoms with Crippen LogP contribution < -0.4 is 10.9 Å². The van der Waals surface area contributed by atoms with Crippen LogP contribution in [0.5, 0.6) is 0 Å². The second-order valence-corrected chi connectivity index (χ2v) is 5.49. The third-order valence-electron chi connectivity index (χ3n) is 3.28. The van der Waals surface area contributed by atoms with Crippen molar-refractivity contribution < 1.29 is 9.53 Å². The van der Waals surface area contributed by atoms with E-state index in [2.05, 4.69) is 10.3 Å². The van der Waals surface area contributed by atoms with Crippen molar-refractivity contribution in [3.05, 3.63) is 39.4 Å². The number of ether oxygens (including phenoxy) is 1. The summed E-state index contributed by atoms with van der Waals surface area (Å²) in [5.41, 5.74) is 0.518. The Morgan fingerprint density at radius 1 is 1.45 bits per heavy atom. The maximum Gasteiger partial charge on any atom is 0.262 e. The molecule has 1 unspecified atom stereocenters. The fourth-order valence-electron chi connectivity index (χ4n) is 2.25. The van der Waals surface area contributed by atoms with Crippen LogP contribution in [0.4, 0.5) is 0 Å². The van der Waals surface area contributed by atoms with Gasteiger partial charge in [-0.15, -0.1) is 0 Å². The Labute approximate surface area is 133 Å². The van der Waals surface area contributed by atoms with E-state index in [1.165, 1.54) is 4.57 Å². The summed E-state index contributed by atoms with van der Waals surface area (Å²) in [4.78, 5) is 27.3. The van der Waals surface area contributed by atoms with Crippen LogP contribution in [0, 0.1) is 4.77 Å². The van der Waals surface area contributed by atoms with Crippen LogP contribution in [0.2, 0.25) is 0 Å². The lowest BCUT2D eigenvalue weighted by Crippen LogP contribution is -2.36. The lowest BCUT2D eigenvalue weighted by atomic mass is 10.2. The summed E-state index contributed by atoms with van der Waals surface area (Å²) in [6.07, 6.45) is 0.184. The molecule has 0 aliphatic carbocycles. The Morgan fingerprint density at radius 2 is 2.18 bits per heavy atom. The van der Waals surface area contributed by atoms with Gasteiger partial charge < -0.3 is 15.0 Å². The van der Waals surface area contributed by atoms with Crippen molar-refractivity contribution in [2.75, 3.05) is 13.7 Å². The largest absolute Gasteiger partial charge is 0.383 e. The molecule has 2 N–H and O–H groups in total. The number of carbonyl (C=O) groups excluding carboxylic acids is 1. The monoisotopic (exact) mass is 321 g/mol. The van der Waals surface area contributed by atoms with Gasteiger partial charge in [-0.25, -0.2) is 0 Å². The number of carbonyl (C=O) groups is 1. The molecule has 1 aromatic carbocycles. The molecule has 0 fully saturated rings. The highest BCUT2D eigenvalue weighted by Crippen LogP contribution is 2.06. The zero-order valence-corrected chi connectivity index (χ0v) is 13.4. The molecule has 22 heavy (non-hydrogen) atoms. The Kier molecular flexibility index (Phi) is 5.46. The number of benzene rings is 1. The third-order valence-corrected chi connectivity index (χ3v) is 3.60. The smallest absolute Gasteiger partial charge is 0.262 e. The Hall–Kier alpha value is -1.99. The first-order valence-corrected chi connectivity index (χ1v) is 7.44. The van der Waals surface area contributed by atoms with E-state index in [1.54, 1.807) is 25.3 Å². The number of rotatable bonds is 6. The number of aromatic nitrogens is 2. The first kappa shape index (κ1) is 16.4. The summed E-state index contributed by atoms with van der Waals surface area (Å²) in [6.45, 7) is 2.54. The summed E-state index contributed by atoms with van der Waals surface area (Å²) >= 11 is 5.20. The minimum Gasteiger partial charge on any atom is -0.383 e. The zero-order valence-electron chi connectivity index (χ0n) is 12.6. The molecular weight excluding hydrogens is 302 g/mol. The van der Waals surface area contributed by atoms with Crippen LogP contribution in [-0.2, 0) is 16.1 Å². The van der Waals surface area contributed by atoms with E-state index in [0.717, 1.165) is 0 Å². The SMILES string of the molecule is COCC(C)NC(=O)CCn1c(=S)[nH]c2ccccc2c1=O. The van der Waals surface area contributed by atoms with Gasteiger partial charge in [0.1, 0.15) is 0 Å². The van der Waals surface area contributed by atoms with E-state index in [4.69, 9.17) is 17.0 Å². The number of methoxy groups -OCH3 is 1. The standard InChI is InChI=1S/C15H19N3O3S/c1-10(9-21-2)16-13(19)7-8-18-14(20)11-5-3-4-6-12(11)17-15(18)22/h3-6,10H,7-9H2,1-2H3,(H,16,19)(H,17,22). The van der Waals surface area contributed by atoms with Crippen molar-refractivity contribution in [3.8, 4) is 0 Å². The fourth-order valence-corrected chi connectivity index (χ4v) is 2.54. The van der Waals surface area contributed by atoms with Crippen molar-refractivity contribution >= 4 is 29.0 Å². The Morgan fingerprint density at radius 3 is 2.91 bits per heavy atom. The number of nitrogens with zero attached hydrogens (tertiary/aromatic N) is 1. The first-order chi connectivity index (χ1) is 10.5. The molecule has 0 saturated heterocycles. The Balaban J connectivity index is 2.14. The number of para-hydroxylation sites is 1. The second kappa shape index (κ2) is 7.33. The van der Waals surface area contributed by atoms with Gasteiger partial charge in [0.05, 0.1) is 17.5 Å². The van der Waals surface area contributed by atoms with Gasteiger partial charge in [0.25, 0.3) is 5.56 Å². The molecule has 0 radical (unpaired) electrons. The predicted octanol–water partition coefficient (Wildman–Crippen LogP) is 1.60. The van der Waals surface area contributed by atoms with Crippen LogP contribution >= 0.6 is 12.2 Å². The predicted molar refractivity (Wildman–Crippen MR) is 87.5 cm³/mol. The molecule has 0 aliphatic rings. The number of nitrogens with one attached hydrogen (secondary N) is 2. The van der Waals surface area contributed by atoms with Crippen molar-refractivity contribution in [1.29, 1.82) is 0 Å². The molecule has 0 aliphatic heterocycles. The lowest BCUT2D eigenvalue weighted by Gasteiger charge is -2.13. The van der Waals surface area contributed by atoms with Crippen LogP contribution in [-0.4, -0.2) is 35.2 Å². The van der Waals surface area contributed by atoms with Gasteiger partial charge in [0.15, 0.2) is 4.77 Å². The molecular formula is C15H19N3O3S. The van der Waals surface area contributed by atoms with Crippen molar-refractivity contribution in [2.45, 2.75) is 25.9 Å². The third kappa shape index (κ3) is 3.80. The van der Waals surface area contributed by atoms with E-state index in [9.17, 15) is 9.59 Å². The molecule has 7 heteroatoms. The molecule has 1 amide bonds. The van der Waals surface area contributed by atoms with Gasteiger partial charge in [-0.1, -0.05) is 12.1 Å². The van der Waals surface area contributed by atoms with Gasteiger partial charge in [-0.3, -0.25) is 14.2 Å². The summed E-state index contributed by atoms with van der Waals surface area (Å²) in [5, 5.41) is 3.36. The van der Waals surface area contributed by atoms with E-state index >= 15 is 0 Å². The van der Waals surface area contributed by atoms with Crippen molar-refractivity contribution in [3.63, 3.8) is 0 Å². The van der Waals surface area contributed by atoms with Gasteiger partial charge in [0.2, 0.25) is 5.91 Å². The molecule has 1 atom stereocenters. The highest BCUT2D eigenvalue weighted by atomic mass is 32.1. The molecule has 1 aromatic heterocycles. The van der Waals surface area contributed by atoms with Crippen LogP contribution in [0.1, 0.15) is 13.3 Å². The highest BCUT2D eigenvalue weighted by Gasteiger charge is 2.10. The fraction of sp³-hybridized carbons (Fsp3) is 0.400. The second-order valence-electron chi connectivity index (χ2n) is 5.11. The van der Waals surface area contributed by atoms with Gasteiger partial charge in [-0.05, 0) is 31.3 Å². The minimum absolute atomic E-state index is 0.0691. The number of hydrogen-bond donors (Lipinski definition) is 2. The molecule has 2 rings (SSSR count). The number of hydrogen-bond acceptors (Lipinski definition) is 4. The maximum absolute atomic E-state index is 12.4. The number of amides is 1. The van der Waals surface area contributed by atoms with Crippen LogP contribution in [0.25, 0.3) is 10.9 Å². The molecule has 0 spiro atoms. The van der Waals surface area contributed by atoms with Crippen molar-refractivity contribution in [1.82, 2.24) is 14.9 Å². The lowest BCUT2D eigenvalue weighted by molar-refractivity contribution is -0.122. The van der Waals surface area contributed by atoms with Gasteiger partial charge in [0, 0.05) is 26.1 Å². The summed E-state index contributed by atoms with van der Waals surface area (Å²) < 4.78 is 6.70. The van der Waals surface area contributed by atoms with Crippen LogP contribution in [0.15, 0.2) is 29.1 Å². The number of aromatic amines is 1. The molecule has 118 valence electrons. The highest BCUT2D eigenvalue weighted by molar-refractivity contribution is 7.71. The Bertz CT molecular complexity index is 781. The van der Waals surface area contributed by atoms with Gasteiger partial charge in [-0.2, -0.15) is 0 Å². The van der Waals surface area contributed by atoms with E-state index < -0.39 is 0 Å². The number of H-pyrrole nitrogens is 1. The van der Waals surface area contributed by atoms with E-state index in [1.807, 2.05) is 13.0 Å². The zero-order chi connectivity index (χ0) is 16.1. The minimum atomic E-state index is -0.183. The first-order valence-electron chi connectivity index (χ1n) is 7.03. The summed E-state index contributed by atoms with van der Waals surface area (Å²) in [6, 6.07) is 7.10. The average Bonchev–Trinajstić information content (AvgIpc) is 2.47. The number of fused-ring (bicyclic) bond motifs is 1. The van der Waals surface area contributed by atoms with Crippen LogP contribution in [0.3, 0.4) is 0 Å². The quantitative estimate of drug-likeness (QED) is 0.793. The molecule has 6 nitrogen and oxygen atoms in total. The molecule has 2 aromatic rings. The van der Waals surface area contributed by atoms with E-state index in [-0.39, 0.29) is 30.5 Å². The summed E-state index contributed by atoms with van der Waals surface area (Å²) in [7, 11) is 1.58.